The maximum Gasteiger partial charge on any atom is 0.253 e. The second-order valence-electron chi connectivity index (χ2n) is 7.29. The third-order valence-electron chi connectivity index (χ3n) is 5.07. The average molecular weight is 379 g/mol. The van der Waals surface area contributed by atoms with Gasteiger partial charge in [0.25, 0.3) is 5.91 Å². The Bertz CT molecular complexity index is 830. The summed E-state index contributed by atoms with van der Waals surface area (Å²) in [5, 5.41) is 5.88. The van der Waals surface area contributed by atoms with E-state index in [1.807, 2.05) is 30.3 Å². The number of hydrogen-bond acceptors (Lipinski definition) is 5. The van der Waals surface area contributed by atoms with Gasteiger partial charge in [-0.25, -0.2) is 4.98 Å². The highest BCUT2D eigenvalue weighted by Crippen LogP contribution is 2.21. The Morgan fingerprint density at radius 1 is 1.00 bits per heavy atom. The summed E-state index contributed by atoms with van der Waals surface area (Å²) in [4.78, 5) is 33.6. The molecule has 1 aromatic heterocycles. The van der Waals surface area contributed by atoms with Crippen LogP contribution in [0, 0.1) is 0 Å². The summed E-state index contributed by atoms with van der Waals surface area (Å²) in [6.45, 7) is 3.59. The smallest absolute Gasteiger partial charge is 0.253 e. The normalized spacial score (nSPS) is 17.2. The van der Waals surface area contributed by atoms with E-state index in [2.05, 4.69) is 25.4 Å². The van der Waals surface area contributed by atoms with Gasteiger partial charge >= 0.3 is 0 Å². The van der Waals surface area contributed by atoms with Gasteiger partial charge in [-0.2, -0.15) is 0 Å². The van der Waals surface area contributed by atoms with Gasteiger partial charge < -0.3 is 15.5 Å². The molecule has 4 rings (SSSR count). The standard InChI is InChI=1S/C21H25N5O2/c27-20(15-25-11-13-26(14-12-25)19-7-3-4-10-22-19)24-18-6-2-1-5-17(18)21(28)23-16-8-9-16/h1-7,10,16H,8-9,11-15H2,(H,23,28)(H,24,27). The first-order valence-electron chi connectivity index (χ1n) is 9.77. The molecule has 146 valence electrons. The van der Waals surface area contributed by atoms with E-state index in [1.165, 1.54) is 0 Å². The minimum atomic E-state index is -0.123. The number of rotatable bonds is 6. The van der Waals surface area contributed by atoms with E-state index in [1.54, 1.807) is 18.3 Å². The maximum absolute atomic E-state index is 12.5. The topological polar surface area (TPSA) is 77.6 Å². The monoisotopic (exact) mass is 379 g/mol. The zero-order valence-electron chi connectivity index (χ0n) is 15.8. The van der Waals surface area contributed by atoms with Gasteiger partial charge in [-0.1, -0.05) is 18.2 Å². The number of nitrogens with one attached hydrogen (secondary N) is 2. The van der Waals surface area contributed by atoms with Crippen LogP contribution in [0.25, 0.3) is 0 Å². The molecule has 2 heterocycles. The minimum absolute atomic E-state index is 0.0991. The Hall–Kier alpha value is -2.93. The first-order valence-corrected chi connectivity index (χ1v) is 9.77. The van der Waals surface area contributed by atoms with Crippen molar-refractivity contribution in [3.63, 3.8) is 0 Å². The number of piperazine rings is 1. The lowest BCUT2D eigenvalue weighted by Crippen LogP contribution is -2.49. The van der Waals surface area contributed by atoms with Crippen LogP contribution in [0.1, 0.15) is 23.2 Å². The molecule has 2 amide bonds. The molecule has 0 bridgehead atoms. The Morgan fingerprint density at radius 2 is 1.75 bits per heavy atom. The van der Waals surface area contributed by atoms with E-state index < -0.39 is 0 Å². The summed E-state index contributed by atoms with van der Waals surface area (Å²) in [6.07, 6.45) is 3.86. The highest BCUT2D eigenvalue weighted by Gasteiger charge is 2.25. The largest absolute Gasteiger partial charge is 0.354 e. The van der Waals surface area contributed by atoms with Crippen LogP contribution < -0.4 is 15.5 Å². The molecule has 1 aliphatic heterocycles. The molecule has 0 spiro atoms. The van der Waals surface area contributed by atoms with Crippen molar-refractivity contribution in [2.24, 2.45) is 0 Å². The molecule has 1 saturated carbocycles. The molecule has 2 aliphatic rings. The van der Waals surface area contributed by atoms with Crippen molar-refractivity contribution in [3.8, 4) is 0 Å². The van der Waals surface area contributed by atoms with E-state index in [0.29, 0.717) is 17.8 Å². The third-order valence-corrected chi connectivity index (χ3v) is 5.07. The van der Waals surface area contributed by atoms with Crippen molar-refractivity contribution < 1.29 is 9.59 Å². The Labute approximate surface area is 164 Å². The second kappa shape index (κ2) is 8.39. The lowest BCUT2D eigenvalue weighted by atomic mass is 10.1. The number of para-hydroxylation sites is 1. The maximum atomic E-state index is 12.5. The van der Waals surface area contributed by atoms with Gasteiger partial charge in [-0.05, 0) is 37.1 Å². The molecule has 0 radical (unpaired) electrons. The van der Waals surface area contributed by atoms with Gasteiger partial charge in [0.15, 0.2) is 0 Å². The summed E-state index contributed by atoms with van der Waals surface area (Å²) in [5.41, 5.74) is 1.08. The number of pyridine rings is 1. The SMILES string of the molecule is O=C(CN1CCN(c2ccccn2)CC1)Nc1ccccc1C(=O)NC1CC1. The van der Waals surface area contributed by atoms with Crippen LogP contribution in [0.5, 0.6) is 0 Å². The zero-order valence-corrected chi connectivity index (χ0v) is 15.8. The summed E-state index contributed by atoms with van der Waals surface area (Å²) < 4.78 is 0. The molecular formula is C21H25N5O2. The molecule has 2 aromatic rings. The van der Waals surface area contributed by atoms with Crippen molar-refractivity contribution in [1.29, 1.82) is 0 Å². The Morgan fingerprint density at radius 3 is 2.46 bits per heavy atom. The number of anilines is 2. The van der Waals surface area contributed by atoms with E-state index in [9.17, 15) is 9.59 Å². The van der Waals surface area contributed by atoms with Crippen LogP contribution in [-0.4, -0.2) is 60.5 Å². The third kappa shape index (κ3) is 4.67. The number of carbonyl (C=O) groups is 2. The van der Waals surface area contributed by atoms with Crippen LogP contribution >= 0.6 is 0 Å². The fourth-order valence-electron chi connectivity index (χ4n) is 3.35. The molecule has 1 aromatic carbocycles. The summed E-state index contributed by atoms with van der Waals surface area (Å²) in [6, 6.07) is 13.4. The fraction of sp³-hybridized carbons (Fsp3) is 0.381. The number of benzene rings is 1. The van der Waals surface area contributed by atoms with E-state index in [4.69, 9.17) is 0 Å². The van der Waals surface area contributed by atoms with Gasteiger partial charge in [0.2, 0.25) is 5.91 Å². The number of carbonyl (C=O) groups excluding carboxylic acids is 2. The number of amides is 2. The molecule has 0 atom stereocenters. The molecule has 28 heavy (non-hydrogen) atoms. The van der Waals surface area contributed by atoms with Gasteiger partial charge in [0.1, 0.15) is 5.82 Å². The number of aromatic nitrogens is 1. The molecule has 2 N–H and O–H groups in total. The molecule has 0 unspecified atom stereocenters. The van der Waals surface area contributed by atoms with Crippen LogP contribution in [0.4, 0.5) is 11.5 Å². The lowest BCUT2D eigenvalue weighted by molar-refractivity contribution is -0.117. The molecule has 7 nitrogen and oxygen atoms in total. The molecule has 1 aliphatic carbocycles. The first-order chi connectivity index (χ1) is 13.7. The average Bonchev–Trinajstić information content (AvgIpc) is 3.53. The van der Waals surface area contributed by atoms with Crippen molar-refractivity contribution >= 4 is 23.3 Å². The van der Waals surface area contributed by atoms with Crippen LogP contribution in [0.3, 0.4) is 0 Å². The van der Waals surface area contributed by atoms with E-state index in [-0.39, 0.29) is 17.9 Å². The zero-order chi connectivity index (χ0) is 19.3. The predicted molar refractivity (Wildman–Crippen MR) is 108 cm³/mol. The van der Waals surface area contributed by atoms with Crippen molar-refractivity contribution in [3.05, 3.63) is 54.2 Å². The van der Waals surface area contributed by atoms with Crippen molar-refractivity contribution in [2.75, 3.05) is 42.9 Å². The highest BCUT2D eigenvalue weighted by molar-refractivity contribution is 6.04. The van der Waals surface area contributed by atoms with Crippen LogP contribution in [0.2, 0.25) is 0 Å². The first kappa shape index (κ1) is 18.4. The Kier molecular flexibility index (Phi) is 5.53. The number of nitrogens with zero attached hydrogens (tertiary/aromatic N) is 3. The molecule has 1 saturated heterocycles. The molecular weight excluding hydrogens is 354 g/mol. The van der Waals surface area contributed by atoms with E-state index in [0.717, 1.165) is 44.8 Å². The highest BCUT2D eigenvalue weighted by atomic mass is 16.2. The van der Waals surface area contributed by atoms with Crippen LogP contribution in [0.15, 0.2) is 48.7 Å². The Balaban J connectivity index is 1.30. The number of hydrogen-bond donors (Lipinski definition) is 2. The van der Waals surface area contributed by atoms with Crippen LogP contribution in [-0.2, 0) is 4.79 Å². The quantitative estimate of drug-likeness (QED) is 0.799. The lowest BCUT2D eigenvalue weighted by Gasteiger charge is -2.34. The second-order valence-corrected chi connectivity index (χ2v) is 7.29. The van der Waals surface area contributed by atoms with Gasteiger partial charge in [0, 0.05) is 38.4 Å². The van der Waals surface area contributed by atoms with E-state index >= 15 is 0 Å². The van der Waals surface area contributed by atoms with Crippen molar-refractivity contribution in [2.45, 2.75) is 18.9 Å². The molecule has 2 fully saturated rings. The summed E-state index contributed by atoms with van der Waals surface area (Å²) in [5.74, 6) is 0.752. The summed E-state index contributed by atoms with van der Waals surface area (Å²) in [7, 11) is 0. The van der Waals surface area contributed by atoms with Gasteiger partial charge in [0.05, 0.1) is 17.8 Å². The minimum Gasteiger partial charge on any atom is -0.354 e. The summed E-state index contributed by atoms with van der Waals surface area (Å²) >= 11 is 0. The molecule has 7 heteroatoms. The van der Waals surface area contributed by atoms with Crippen molar-refractivity contribution in [1.82, 2.24) is 15.2 Å². The van der Waals surface area contributed by atoms with Gasteiger partial charge in [-0.3, -0.25) is 14.5 Å². The predicted octanol–water partition coefficient (Wildman–Crippen LogP) is 1.73. The van der Waals surface area contributed by atoms with Gasteiger partial charge in [-0.15, -0.1) is 0 Å². The fourth-order valence-corrected chi connectivity index (χ4v) is 3.35.